The van der Waals surface area contributed by atoms with Gasteiger partial charge in [-0.15, -0.1) is 15.7 Å². The molecule has 0 bridgehead atoms. The number of anilines is 1. The van der Waals surface area contributed by atoms with Gasteiger partial charge in [-0.25, -0.2) is 18.7 Å². The molecule has 10 heteroatoms. The minimum atomic E-state index is -3.54. The molecule has 4 rings (SSSR count). The van der Waals surface area contributed by atoms with Crippen LogP contribution < -0.4 is 10.0 Å². The Balaban J connectivity index is 1.68. The predicted molar refractivity (Wildman–Crippen MR) is 105 cm³/mol. The van der Waals surface area contributed by atoms with Crippen molar-refractivity contribution in [3.8, 4) is 6.19 Å². The lowest BCUT2D eigenvalue weighted by Crippen LogP contribution is -2.25. The number of urea groups is 1. The van der Waals surface area contributed by atoms with Crippen molar-refractivity contribution >= 4 is 33.0 Å². The van der Waals surface area contributed by atoms with Crippen molar-refractivity contribution < 1.29 is 14.1 Å². The first-order valence-electron chi connectivity index (χ1n) is 8.80. The van der Waals surface area contributed by atoms with E-state index in [-0.39, 0.29) is 4.21 Å². The molecule has 28 heavy (non-hydrogen) atoms. The summed E-state index contributed by atoms with van der Waals surface area (Å²) in [6.45, 7) is 3.09. The number of fused-ring (bicyclic) bond motifs is 2. The van der Waals surface area contributed by atoms with Gasteiger partial charge in [0.2, 0.25) is 0 Å². The van der Waals surface area contributed by atoms with Gasteiger partial charge in [0.15, 0.2) is 16.1 Å². The highest BCUT2D eigenvalue weighted by molar-refractivity contribution is 7.94. The van der Waals surface area contributed by atoms with Crippen LogP contribution in [0.4, 0.5) is 10.5 Å². The quantitative estimate of drug-likeness (QED) is 0.520. The first kappa shape index (κ1) is 18.9. The van der Waals surface area contributed by atoms with Gasteiger partial charge in [-0.05, 0) is 61.8 Å². The number of rotatable bonds is 4. The second-order valence-electron chi connectivity index (χ2n) is 7.33. The van der Waals surface area contributed by atoms with E-state index in [4.69, 9.17) is 5.26 Å². The van der Waals surface area contributed by atoms with Crippen LogP contribution in [0.5, 0.6) is 0 Å². The van der Waals surface area contributed by atoms with Crippen molar-refractivity contribution in [2.45, 2.75) is 49.3 Å². The van der Waals surface area contributed by atoms with Gasteiger partial charge in [-0.3, -0.25) is 0 Å². The van der Waals surface area contributed by atoms with E-state index in [9.17, 15) is 14.1 Å². The lowest BCUT2D eigenvalue weighted by atomic mass is 9.76. The summed E-state index contributed by atoms with van der Waals surface area (Å²) < 4.78 is 19.2. The molecule has 8 nitrogen and oxygen atoms in total. The Labute approximate surface area is 166 Å². The zero-order chi connectivity index (χ0) is 20.1. The van der Waals surface area contributed by atoms with E-state index in [1.54, 1.807) is 20.0 Å². The summed E-state index contributed by atoms with van der Waals surface area (Å²) in [5.41, 5.74) is 4.25. The summed E-state index contributed by atoms with van der Waals surface area (Å²) >= 11 is 0.945. The van der Waals surface area contributed by atoms with Crippen LogP contribution in [0.2, 0.25) is 0 Å². The van der Waals surface area contributed by atoms with E-state index in [2.05, 4.69) is 25.5 Å². The van der Waals surface area contributed by atoms with E-state index in [1.165, 1.54) is 17.3 Å². The fraction of sp³-hybridized carbons (Fsp3) is 0.389. The SMILES string of the molecule is CC(C)(O)c1ncc(S(=O)(=NC(=O)Nc2c3c(cc4c2CC4)CC3)NC#N)s1. The number of aryl methyl sites for hydroxylation is 2. The Bertz CT molecular complexity index is 1120. The van der Waals surface area contributed by atoms with Crippen LogP contribution in [0.25, 0.3) is 0 Å². The Morgan fingerprint density at radius 3 is 2.43 bits per heavy atom. The third-order valence-electron chi connectivity index (χ3n) is 4.92. The molecule has 146 valence electrons. The molecule has 0 saturated carbocycles. The number of nitrogens with zero attached hydrogens (tertiary/aromatic N) is 3. The van der Waals surface area contributed by atoms with Gasteiger partial charge in [0.05, 0.1) is 6.20 Å². The van der Waals surface area contributed by atoms with Crippen molar-refractivity contribution in [1.82, 2.24) is 9.71 Å². The fourth-order valence-corrected chi connectivity index (χ4v) is 5.73. The number of aliphatic hydroxyl groups is 1. The van der Waals surface area contributed by atoms with Gasteiger partial charge in [0, 0.05) is 5.69 Å². The number of hydrogen-bond acceptors (Lipinski definition) is 6. The van der Waals surface area contributed by atoms with Crippen molar-refractivity contribution in [2.24, 2.45) is 4.36 Å². The highest BCUT2D eigenvalue weighted by Gasteiger charge is 2.29. The third-order valence-corrected chi connectivity index (χ3v) is 8.40. The molecule has 0 aliphatic heterocycles. The van der Waals surface area contributed by atoms with Crippen LogP contribution in [0, 0.1) is 11.5 Å². The number of nitrogens with one attached hydrogen (secondary N) is 2. The van der Waals surface area contributed by atoms with Crippen molar-refractivity contribution in [3.05, 3.63) is 39.5 Å². The number of nitriles is 1. The number of carbonyl (C=O) groups excluding carboxylic acids is 1. The molecule has 2 amide bonds. The summed E-state index contributed by atoms with van der Waals surface area (Å²) in [4.78, 5) is 16.6. The molecular formula is C18H19N5O3S2. The number of carbonyl (C=O) groups is 1. The topological polar surface area (TPSA) is 127 Å². The zero-order valence-corrected chi connectivity index (χ0v) is 17.0. The van der Waals surface area contributed by atoms with Crippen LogP contribution in [0.15, 0.2) is 20.8 Å². The van der Waals surface area contributed by atoms with E-state index < -0.39 is 21.5 Å². The molecule has 1 heterocycles. The Morgan fingerprint density at radius 2 is 1.96 bits per heavy atom. The van der Waals surface area contributed by atoms with Gasteiger partial charge >= 0.3 is 6.03 Å². The Morgan fingerprint density at radius 1 is 1.32 bits per heavy atom. The summed E-state index contributed by atoms with van der Waals surface area (Å²) in [6.07, 6.45) is 6.66. The molecule has 0 saturated heterocycles. The van der Waals surface area contributed by atoms with Crippen molar-refractivity contribution in [2.75, 3.05) is 5.32 Å². The predicted octanol–water partition coefficient (Wildman–Crippen LogP) is 2.61. The number of hydrogen-bond donors (Lipinski definition) is 3. The summed E-state index contributed by atoms with van der Waals surface area (Å²) in [5.74, 6) is 0. The number of thiazole rings is 1. The zero-order valence-electron chi connectivity index (χ0n) is 15.4. The van der Waals surface area contributed by atoms with E-state index in [0.717, 1.165) is 53.8 Å². The molecule has 0 radical (unpaired) electrons. The molecule has 1 unspecified atom stereocenters. The van der Waals surface area contributed by atoms with E-state index in [1.807, 2.05) is 0 Å². The Hall–Kier alpha value is -2.48. The van der Waals surface area contributed by atoms with Crippen LogP contribution in [-0.2, 0) is 41.2 Å². The third kappa shape index (κ3) is 3.15. The molecule has 2 aliphatic rings. The second kappa shape index (κ2) is 6.55. The Kier molecular flexibility index (Phi) is 4.41. The van der Waals surface area contributed by atoms with Gasteiger partial charge in [0.25, 0.3) is 0 Å². The monoisotopic (exact) mass is 417 g/mol. The molecule has 3 N–H and O–H groups in total. The molecule has 0 spiro atoms. The number of aromatic nitrogens is 1. The maximum absolute atomic E-state index is 13.2. The minimum Gasteiger partial charge on any atom is -0.383 e. The minimum absolute atomic E-state index is 0.107. The number of benzene rings is 1. The highest BCUT2D eigenvalue weighted by atomic mass is 32.2. The smallest absolute Gasteiger partial charge is 0.355 e. The largest absolute Gasteiger partial charge is 0.383 e. The van der Waals surface area contributed by atoms with Gasteiger partial charge < -0.3 is 10.4 Å². The summed E-state index contributed by atoms with van der Waals surface area (Å²) in [5, 5.41) is 22.2. The van der Waals surface area contributed by atoms with Gasteiger partial charge in [-0.1, -0.05) is 6.07 Å². The lowest BCUT2D eigenvalue weighted by molar-refractivity contribution is 0.0783. The van der Waals surface area contributed by atoms with E-state index in [0.29, 0.717) is 5.01 Å². The molecular weight excluding hydrogens is 398 g/mol. The van der Waals surface area contributed by atoms with Gasteiger partial charge in [0.1, 0.15) is 14.8 Å². The van der Waals surface area contributed by atoms with Crippen molar-refractivity contribution in [1.29, 1.82) is 5.26 Å². The highest BCUT2D eigenvalue weighted by Crippen LogP contribution is 2.40. The molecule has 1 aromatic carbocycles. The van der Waals surface area contributed by atoms with Gasteiger partial charge in [-0.2, -0.15) is 5.26 Å². The standard InChI is InChI=1S/C18H19N5O3S2/c1-18(2,25)16-20-8-14(27-16)28(26,21-9-19)23-17(24)22-15-12-5-3-10(12)7-11-4-6-13(11)15/h7-8,25H,3-6H2,1-2H3,(H2,21,22,23,24,26). The molecule has 1 atom stereocenters. The first-order valence-corrected chi connectivity index (χ1v) is 11.1. The van der Waals surface area contributed by atoms with E-state index >= 15 is 0 Å². The maximum Gasteiger partial charge on any atom is 0.355 e. The maximum atomic E-state index is 13.2. The first-order chi connectivity index (χ1) is 13.2. The molecule has 1 aromatic heterocycles. The fourth-order valence-electron chi connectivity index (χ4n) is 3.32. The average Bonchev–Trinajstić information content (AvgIpc) is 3.02. The normalized spacial score (nSPS) is 16.4. The molecule has 2 aromatic rings. The van der Waals surface area contributed by atoms with Crippen LogP contribution in [-0.4, -0.2) is 20.3 Å². The molecule has 2 aliphatic carbocycles. The van der Waals surface area contributed by atoms with Crippen LogP contribution in [0.1, 0.15) is 41.1 Å². The lowest BCUT2D eigenvalue weighted by Gasteiger charge is -2.31. The molecule has 0 fully saturated rings. The van der Waals surface area contributed by atoms with Crippen LogP contribution >= 0.6 is 11.3 Å². The average molecular weight is 418 g/mol. The second-order valence-corrected chi connectivity index (χ2v) is 10.5. The summed E-state index contributed by atoms with van der Waals surface area (Å²) in [7, 11) is -3.54. The van der Waals surface area contributed by atoms with Crippen molar-refractivity contribution in [3.63, 3.8) is 0 Å². The summed E-state index contributed by atoms with van der Waals surface area (Å²) in [6, 6.07) is 1.42. The number of amides is 2. The van der Waals surface area contributed by atoms with Crippen LogP contribution in [0.3, 0.4) is 0 Å².